The molecule has 0 saturated carbocycles. The summed E-state index contributed by atoms with van der Waals surface area (Å²) in [5.74, 6) is 0.0754. The van der Waals surface area contributed by atoms with Crippen molar-refractivity contribution in [1.29, 1.82) is 5.26 Å². The van der Waals surface area contributed by atoms with Gasteiger partial charge in [-0.2, -0.15) is 5.26 Å². The number of carbonyl (C=O) groups is 1. The number of nitrogens with zero attached hydrogens (tertiary/aromatic N) is 1. The highest BCUT2D eigenvalue weighted by Gasteiger charge is 2.37. The highest BCUT2D eigenvalue weighted by Crippen LogP contribution is 2.34. The van der Waals surface area contributed by atoms with Gasteiger partial charge in [0.15, 0.2) is 0 Å². The zero-order valence-electron chi connectivity index (χ0n) is 9.62. The van der Waals surface area contributed by atoms with Gasteiger partial charge in [0.2, 0.25) is 5.24 Å². The third-order valence-corrected chi connectivity index (χ3v) is 3.55. The molecule has 0 amide bonds. The Labute approximate surface area is 101 Å². The second-order valence-electron chi connectivity index (χ2n) is 4.32. The number of halogens is 1. The first-order valence-electron chi connectivity index (χ1n) is 5.13. The van der Waals surface area contributed by atoms with Crippen LogP contribution in [0, 0.1) is 17.2 Å². The molecule has 0 bridgehead atoms. The molecular weight excluding hydrogens is 222 g/mol. The minimum Gasteiger partial charge on any atom is -0.280 e. The van der Waals surface area contributed by atoms with Gasteiger partial charge in [0.25, 0.3) is 0 Å². The second-order valence-corrected chi connectivity index (χ2v) is 4.67. The summed E-state index contributed by atoms with van der Waals surface area (Å²) in [6.07, 6.45) is 0. The van der Waals surface area contributed by atoms with Gasteiger partial charge >= 0.3 is 0 Å². The summed E-state index contributed by atoms with van der Waals surface area (Å²) in [6, 6.07) is 9.10. The molecule has 16 heavy (non-hydrogen) atoms. The van der Waals surface area contributed by atoms with Crippen molar-refractivity contribution < 1.29 is 4.79 Å². The lowest BCUT2D eigenvalue weighted by Crippen LogP contribution is -2.35. The molecule has 1 unspecified atom stereocenters. The summed E-state index contributed by atoms with van der Waals surface area (Å²) in [4.78, 5) is 11.6. The number of hydrogen-bond donors (Lipinski definition) is 0. The van der Waals surface area contributed by atoms with Gasteiger partial charge in [0.1, 0.15) is 0 Å². The van der Waals surface area contributed by atoms with E-state index in [2.05, 4.69) is 6.07 Å². The maximum atomic E-state index is 11.6. The molecule has 0 N–H and O–H groups in total. The first kappa shape index (κ1) is 12.7. The molecule has 0 spiro atoms. The number of hydrogen-bond acceptors (Lipinski definition) is 2. The minimum absolute atomic E-state index is 0.0754. The SMILES string of the molecule is CC(C)C(C)(C(=O)Cl)c1cccc(C#N)c1. The van der Waals surface area contributed by atoms with Crippen molar-refractivity contribution in [3.8, 4) is 6.07 Å². The van der Waals surface area contributed by atoms with Crippen LogP contribution in [-0.2, 0) is 10.2 Å². The lowest BCUT2D eigenvalue weighted by atomic mass is 9.74. The molecule has 1 atom stereocenters. The van der Waals surface area contributed by atoms with E-state index in [9.17, 15) is 4.79 Å². The quantitative estimate of drug-likeness (QED) is 0.755. The third kappa shape index (κ3) is 2.10. The maximum absolute atomic E-state index is 11.6. The standard InChI is InChI=1S/C13H14ClNO/c1-9(2)13(3,12(14)16)11-6-4-5-10(7-11)8-15/h4-7,9H,1-3H3. The average molecular weight is 236 g/mol. The van der Waals surface area contributed by atoms with Crippen molar-refractivity contribution in [2.45, 2.75) is 26.2 Å². The van der Waals surface area contributed by atoms with E-state index in [-0.39, 0.29) is 5.92 Å². The molecule has 0 aliphatic rings. The first-order chi connectivity index (χ1) is 7.42. The number of benzene rings is 1. The van der Waals surface area contributed by atoms with Crippen LogP contribution in [0.15, 0.2) is 24.3 Å². The molecule has 3 heteroatoms. The van der Waals surface area contributed by atoms with Gasteiger partial charge < -0.3 is 0 Å². The topological polar surface area (TPSA) is 40.9 Å². The van der Waals surface area contributed by atoms with Crippen molar-refractivity contribution in [1.82, 2.24) is 0 Å². The van der Waals surface area contributed by atoms with Crippen LogP contribution in [0.1, 0.15) is 31.9 Å². The summed E-state index contributed by atoms with van der Waals surface area (Å²) in [5, 5.41) is 8.45. The van der Waals surface area contributed by atoms with Crippen LogP contribution in [0.3, 0.4) is 0 Å². The Morgan fingerprint density at radius 3 is 2.56 bits per heavy atom. The van der Waals surface area contributed by atoms with E-state index in [1.165, 1.54) is 0 Å². The zero-order chi connectivity index (χ0) is 12.3. The summed E-state index contributed by atoms with van der Waals surface area (Å²) >= 11 is 5.69. The Bertz CT molecular complexity index is 447. The molecule has 0 aromatic heterocycles. The molecule has 0 aliphatic heterocycles. The van der Waals surface area contributed by atoms with Gasteiger partial charge in [0.05, 0.1) is 17.0 Å². The molecule has 0 heterocycles. The van der Waals surface area contributed by atoms with Crippen molar-refractivity contribution in [2.75, 3.05) is 0 Å². The number of rotatable bonds is 3. The van der Waals surface area contributed by atoms with Crippen LogP contribution in [0.25, 0.3) is 0 Å². The highest BCUT2D eigenvalue weighted by atomic mass is 35.5. The van der Waals surface area contributed by atoms with Crippen molar-refractivity contribution in [3.05, 3.63) is 35.4 Å². The van der Waals surface area contributed by atoms with Crippen LogP contribution in [-0.4, -0.2) is 5.24 Å². The summed E-state index contributed by atoms with van der Waals surface area (Å²) in [7, 11) is 0. The molecule has 0 aliphatic carbocycles. The minimum atomic E-state index is -0.742. The smallest absolute Gasteiger partial charge is 0.232 e. The maximum Gasteiger partial charge on any atom is 0.232 e. The fourth-order valence-electron chi connectivity index (χ4n) is 1.59. The average Bonchev–Trinajstić information content (AvgIpc) is 2.27. The van der Waals surface area contributed by atoms with Gasteiger partial charge in [-0.25, -0.2) is 0 Å². The van der Waals surface area contributed by atoms with Crippen LogP contribution in [0.5, 0.6) is 0 Å². The fourth-order valence-corrected chi connectivity index (χ4v) is 1.91. The Balaban J connectivity index is 3.33. The summed E-state index contributed by atoms with van der Waals surface area (Å²) in [6.45, 7) is 5.70. The van der Waals surface area contributed by atoms with E-state index in [4.69, 9.17) is 16.9 Å². The number of nitriles is 1. The summed E-state index contributed by atoms with van der Waals surface area (Å²) < 4.78 is 0. The van der Waals surface area contributed by atoms with E-state index in [1.54, 1.807) is 18.2 Å². The molecule has 1 aromatic rings. The van der Waals surface area contributed by atoms with E-state index < -0.39 is 10.7 Å². The van der Waals surface area contributed by atoms with E-state index in [0.717, 1.165) is 5.56 Å². The Morgan fingerprint density at radius 2 is 2.12 bits per heavy atom. The second kappa shape index (κ2) is 4.67. The van der Waals surface area contributed by atoms with Crippen molar-refractivity contribution in [2.24, 2.45) is 5.92 Å². The molecule has 0 fully saturated rings. The summed E-state index contributed by atoms with van der Waals surface area (Å²) in [5.41, 5.74) is 0.595. The van der Waals surface area contributed by atoms with Crippen molar-refractivity contribution >= 4 is 16.8 Å². The fraction of sp³-hybridized carbons (Fsp3) is 0.385. The molecule has 84 valence electrons. The van der Waals surface area contributed by atoms with Gasteiger partial charge in [0, 0.05) is 0 Å². The predicted octanol–water partition coefficient (Wildman–Crippen LogP) is 3.24. The normalized spacial score (nSPS) is 14.2. The molecule has 0 saturated heterocycles. The zero-order valence-corrected chi connectivity index (χ0v) is 10.4. The molecule has 0 radical (unpaired) electrons. The molecule has 1 rings (SSSR count). The Morgan fingerprint density at radius 1 is 1.50 bits per heavy atom. The molecule has 1 aromatic carbocycles. The van der Waals surface area contributed by atoms with Crippen LogP contribution >= 0.6 is 11.6 Å². The van der Waals surface area contributed by atoms with Crippen LogP contribution in [0.4, 0.5) is 0 Å². The third-order valence-electron chi connectivity index (χ3n) is 3.15. The predicted molar refractivity (Wildman–Crippen MR) is 64.2 cm³/mol. The largest absolute Gasteiger partial charge is 0.280 e. The van der Waals surface area contributed by atoms with Crippen LogP contribution < -0.4 is 0 Å². The van der Waals surface area contributed by atoms with E-state index in [1.807, 2.05) is 26.8 Å². The molecule has 2 nitrogen and oxygen atoms in total. The van der Waals surface area contributed by atoms with E-state index in [0.29, 0.717) is 5.56 Å². The molecular formula is C13H14ClNO. The van der Waals surface area contributed by atoms with Crippen LogP contribution in [0.2, 0.25) is 0 Å². The monoisotopic (exact) mass is 235 g/mol. The first-order valence-corrected chi connectivity index (χ1v) is 5.51. The Kier molecular flexibility index (Phi) is 3.72. The highest BCUT2D eigenvalue weighted by molar-refractivity contribution is 6.65. The van der Waals surface area contributed by atoms with E-state index >= 15 is 0 Å². The van der Waals surface area contributed by atoms with Gasteiger partial charge in [-0.15, -0.1) is 0 Å². The van der Waals surface area contributed by atoms with Gasteiger partial charge in [-0.1, -0.05) is 26.0 Å². The Hall–Kier alpha value is -1.33. The van der Waals surface area contributed by atoms with Gasteiger partial charge in [-0.3, -0.25) is 4.79 Å². The number of carbonyl (C=O) groups excluding carboxylic acids is 1. The van der Waals surface area contributed by atoms with Gasteiger partial charge in [-0.05, 0) is 42.1 Å². The lowest BCUT2D eigenvalue weighted by molar-refractivity contribution is -0.117. The lowest BCUT2D eigenvalue weighted by Gasteiger charge is -2.30. The van der Waals surface area contributed by atoms with Crippen molar-refractivity contribution in [3.63, 3.8) is 0 Å².